The van der Waals surface area contributed by atoms with Crippen LogP contribution in [0.25, 0.3) is 0 Å². The molecule has 2 amide bonds. The van der Waals surface area contributed by atoms with E-state index in [-0.39, 0.29) is 6.03 Å². The fourth-order valence-corrected chi connectivity index (χ4v) is 4.02. The Kier molecular flexibility index (Phi) is 9.78. The van der Waals surface area contributed by atoms with Crippen LogP contribution in [0.15, 0.2) is 48.7 Å². The Morgan fingerprint density at radius 3 is 2.31 bits per heavy atom. The Hall–Kier alpha value is -2.64. The predicted molar refractivity (Wildman–Crippen MR) is 131 cm³/mol. The van der Waals surface area contributed by atoms with E-state index in [1.54, 1.807) is 0 Å². The zero-order valence-corrected chi connectivity index (χ0v) is 19.6. The molecule has 0 saturated carbocycles. The fourth-order valence-electron chi connectivity index (χ4n) is 4.02. The summed E-state index contributed by atoms with van der Waals surface area (Å²) in [6, 6.07) is 14.6. The van der Waals surface area contributed by atoms with Crippen LogP contribution in [-0.4, -0.2) is 73.2 Å². The lowest BCUT2D eigenvalue weighted by molar-refractivity contribution is 0.126. The quantitative estimate of drug-likeness (QED) is 0.528. The summed E-state index contributed by atoms with van der Waals surface area (Å²) >= 11 is 0. The molecule has 1 aliphatic heterocycles. The molecule has 0 aliphatic carbocycles. The summed E-state index contributed by atoms with van der Waals surface area (Å²) in [6.07, 6.45) is 2.80. The summed E-state index contributed by atoms with van der Waals surface area (Å²) in [5.74, 6) is 0.976. The molecule has 0 atom stereocenters. The predicted octanol–water partition coefficient (Wildman–Crippen LogP) is 2.93. The Morgan fingerprint density at radius 2 is 1.66 bits per heavy atom. The number of rotatable bonds is 11. The molecule has 3 rings (SSSR count). The van der Waals surface area contributed by atoms with E-state index < -0.39 is 0 Å². The Balaban J connectivity index is 1.25. The molecule has 1 aromatic carbocycles. The summed E-state index contributed by atoms with van der Waals surface area (Å²) in [6.45, 7) is 13.7. The van der Waals surface area contributed by atoms with Gasteiger partial charge in [-0.2, -0.15) is 0 Å². The van der Waals surface area contributed by atoms with Gasteiger partial charge in [-0.15, -0.1) is 0 Å². The van der Waals surface area contributed by atoms with Crippen LogP contribution in [0.5, 0.6) is 0 Å². The zero-order valence-electron chi connectivity index (χ0n) is 19.6. The molecule has 2 aromatic rings. The lowest BCUT2D eigenvalue weighted by Gasteiger charge is -2.34. The van der Waals surface area contributed by atoms with Gasteiger partial charge in [0.2, 0.25) is 0 Å². The maximum Gasteiger partial charge on any atom is 0.315 e. The van der Waals surface area contributed by atoms with Crippen molar-refractivity contribution in [3.8, 4) is 0 Å². The monoisotopic (exact) mass is 438 g/mol. The topological polar surface area (TPSA) is 63.7 Å². The van der Waals surface area contributed by atoms with Crippen molar-refractivity contribution in [2.75, 3.05) is 57.3 Å². The van der Waals surface area contributed by atoms with Gasteiger partial charge in [-0.1, -0.05) is 36.4 Å². The number of aromatic nitrogens is 1. The molecule has 7 heteroatoms. The highest BCUT2D eigenvalue weighted by atomic mass is 16.2. The molecule has 1 aromatic heterocycles. The number of amides is 2. The Morgan fingerprint density at radius 1 is 0.938 bits per heavy atom. The third-order valence-corrected chi connectivity index (χ3v) is 6.00. The van der Waals surface area contributed by atoms with Crippen molar-refractivity contribution < 1.29 is 4.79 Å². The first-order chi connectivity index (χ1) is 15.7. The maximum absolute atomic E-state index is 12.1. The average molecular weight is 439 g/mol. The van der Waals surface area contributed by atoms with Gasteiger partial charge in [-0.25, -0.2) is 9.78 Å². The molecular formula is C25H38N6O. The molecule has 7 nitrogen and oxygen atoms in total. The minimum atomic E-state index is -0.120. The third-order valence-electron chi connectivity index (χ3n) is 6.00. The minimum absolute atomic E-state index is 0.120. The van der Waals surface area contributed by atoms with Gasteiger partial charge >= 0.3 is 6.03 Å². The summed E-state index contributed by atoms with van der Waals surface area (Å²) in [5.41, 5.74) is 2.39. The number of carbonyl (C=O) groups excluding carboxylic acids is 1. The number of benzene rings is 1. The summed E-state index contributed by atoms with van der Waals surface area (Å²) < 4.78 is 0. The highest BCUT2D eigenvalue weighted by molar-refractivity contribution is 5.73. The number of nitrogens with zero attached hydrogens (tertiary/aromatic N) is 4. The molecule has 0 bridgehead atoms. The fraction of sp³-hybridized carbons (Fsp3) is 0.520. The van der Waals surface area contributed by atoms with Gasteiger partial charge in [0.25, 0.3) is 0 Å². The van der Waals surface area contributed by atoms with E-state index in [9.17, 15) is 4.79 Å². The van der Waals surface area contributed by atoms with Crippen molar-refractivity contribution in [3.05, 3.63) is 59.8 Å². The highest BCUT2D eigenvalue weighted by Gasteiger charge is 2.16. The normalized spacial score (nSPS) is 14.8. The van der Waals surface area contributed by atoms with Gasteiger partial charge in [-0.05, 0) is 44.0 Å². The Labute approximate surface area is 192 Å². The average Bonchev–Trinajstić information content (AvgIpc) is 2.84. The van der Waals surface area contributed by atoms with Crippen LogP contribution in [0.3, 0.4) is 0 Å². The highest BCUT2D eigenvalue weighted by Crippen LogP contribution is 2.11. The van der Waals surface area contributed by atoms with Gasteiger partial charge in [0.05, 0.1) is 0 Å². The van der Waals surface area contributed by atoms with Crippen LogP contribution < -0.4 is 15.5 Å². The van der Waals surface area contributed by atoms with E-state index >= 15 is 0 Å². The molecule has 1 fully saturated rings. The van der Waals surface area contributed by atoms with Crippen LogP contribution in [0, 0.1) is 0 Å². The third kappa shape index (κ3) is 7.80. The van der Waals surface area contributed by atoms with Crippen LogP contribution in [0.1, 0.15) is 31.4 Å². The molecule has 32 heavy (non-hydrogen) atoms. The molecule has 2 N–H and O–H groups in total. The number of pyridine rings is 1. The van der Waals surface area contributed by atoms with E-state index in [1.807, 2.05) is 18.3 Å². The SMILES string of the molecule is CCN(CC)c1ccc(CNC(=O)NCCCN2CCN(Cc3ccccc3)CC2)cn1. The second kappa shape index (κ2) is 13.0. The molecule has 0 spiro atoms. The lowest BCUT2D eigenvalue weighted by atomic mass is 10.2. The van der Waals surface area contributed by atoms with E-state index in [2.05, 4.69) is 74.5 Å². The van der Waals surface area contributed by atoms with Crippen LogP contribution in [-0.2, 0) is 13.1 Å². The standard InChI is InChI=1S/C25H38N6O/c1-3-31(4-2)24-12-11-23(19-27-24)20-28-25(32)26-13-8-14-29-15-17-30(18-16-29)21-22-9-6-5-7-10-22/h5-7,9-12,19H,3-4,8,13-18,20-21H2,1-2H3,(H2,26,28,32). The number of urea groups is 1. The molecular weight excluding hydrogens is 400 g/mol. The summed E-state index contributed by atoms with van der Waals surface area (Å²) in [5, 5.41) is 5.89. The van der Waals surface area contributed by atoms with Gasteiger partial charge in [0.15, 0.2) is 0 Å². The summed E-state index contributed by atoms with van der Waals surface area (Å²) in [7, 11) is 0. The first kappa shape index (κ1) is 24.0. The van der Waals surface area contributed by atoms with E-state index in [0.29, 0.717) is 13.1 Å². The zero-order chi connectivity index (χ0) is 22.6. The van der Waals surface area contributed by atoms with Crippen molar-refractivity contribution in [2.45, 2.75) is 33.4 Å². The first-order valence-corrected chi connectivity index (χ1v) is 11.9. The van der Waals surface area contributed by atoms with Crippen molar-refractivity contribution in [3.63, 3.8) is 0 Å². The molecule has 0 unspecified atom stereocenters. The maximum atomic E-state index is 12.1. The van der Waals surface area contributed by atoms with E-state index in [4.69, 9.17) is 0 Å². The smallest absolute Gasteiger partial charge is 0.315 e. The van der Waals surface area contributed by atoms with Gasteiger partial charge in [0.1, 0.15) is 5.82 Å². The number of nitrogens with one attached hydrogen (secondary N) is 2. The number of hydrogen-bond donors (Lipinski definition) is 2. The first-order valence-electron chi connectivity index (χ1n) is 11.9. The lowest BCUT2D eigenvalue weighted by Crippen LogP contribution is -2.46. The number of hydrogen-bond acceptors (Lipinski definition) is 5. The second-order valence-corrected chi connectivity index (χ2v) is 8.26. The molecule has 174 valence electrons. The molecule has 1 saturated heterocycles. The second-order valence-electron chi connectivity index (χ2n) is 8.26. The van der Waals surface area contributed by atoms with E-state index in [0.717, 1.165) is 70.2 Å². The van der Waals surface area contributed by atoms with Crippen LogP contribution >= 0.6 is 0 Å². The minimum Gasteiger partial charge on any atom is -0.357 e. The number of anilines is 1. The molecule has 0 radical (unpaired) electrons. The largest absolute Gasteiger partial charge is 0.357 e. The van der Waals surface area contributed by atoms with Crippen molar-refractivity contribution in [1.29, 1.82) is 0 Å². The van der Waals surface area contributed by atoms with Crippen LogP contribution in [0.2, 0.25) is 0 Å². The van der Waals surface area contributed by atoms with Crippen molar-refractivity contribution in [2.24, 2.45) is 0 Å². The van der Waals surface area contributed by atoms with E-state index in [1.165, 1.54) is 5.56 Å². The van der Waals surface area contributed by atoms with Crippen molar-refractivity contribution >= 4 is 11.8 Å². The van der Waals surface area contributed by atoms with Gasteiger partial charge in [-0.3, -0.25) is 4.90 Å². The summed E-state index contributed by atoms with van der Waals surface area (Å²) in [4.78, 5) is 23.8. The molecule has 2 heterocycles. The van der Waals surface area contributed by atoms with Crippen LogP contribution in [0.4, 0.5) is 10.6 Å². The Bertz CT molecular complexity index is 786. The molecule has 1 aliphatic rings. The van der Waals surface area contributed by atoms with Crippen molar-refractivity contribution in [1.82, 2.24) is 25.4 Å². The van der Waals surface area contributed by atoms with Gasteiger partial charge < -0.3 is 20.4 Å². The number of carbonyl (C=O) groups is 1. The van der Waals surface area contributed by atoms with Gasteiger partial charge in [0, 0.05) is 65.1 Å². The number of piperazine rings is 1.